The molecule has 0 amide bonds. The van der Waals surface area contributed by atoms with E-state index < -0.39 is 27.8 Å². The summed E-state index contributed by atoms with van der Waals surface area (Å²) in [6.45, 7) is 4.89. The summed E-state index contributed by atoms with van der Waals surface area (Å²) in [5, 5.41) is 10.0. The van der Waals surface area contributed by atoms with E-state index in [1.54, 1.807) is 39.9 Å². The maximum Gasteiger partial charge on any atom is 0.203 e. The van der Waals surface area contributed by atoms with Gasteiger partial charge in [-0.25, -0.2) is 13.4 Å². The molecular weight excluding hydrogens is 588 g/mol. The first-order chi connectivity index (χ1) is 21.2. The number of methoxy groups -OCH3 is 3. The molecule has 12 heteroatoms. The second-order valence-corrected chi connectivity index (χ2v) is 12.8. The summed E-state index contributed by atoms with van der Waals surface area (Å²) in [5.74, 6) is 1.63. The molecule has 2 aromatic carbocycles. The highest BCUT2D eigenvalue weighted by atomic mass is 32.2. The monoisotopic (exact) mass is 632 g/mol. The van der Waals surface area contributed by atoms with Gasteiger partial charge in [0.25, 0.3) is 0 Å². The smallest absolute Gasteiger partial charge is 0.203 e. The second kappa shape index (κ2) is 15.5. The maximum absolute atomic E-state index is 13.6. The third kappa shape index (κ3) is 8.16. The number of rotatable bonds is 17. The summed E-state index contributed by atoms with van der Waals surface area (Å²) < 4.78 is 64.4. The number of aromatic nitrogens is 2. The fourth-order valence-corrected chi connectivity index (χ4v) is 6.86. The van der Waals surface area contributed by atoms with Crippen LogP contribution in [0.15, 0.2) is 47.9 Å². The van der Waals surface area contributed by atoms with Crippen molar-refractivity contribution in [2.75, 3.05) is 40.3 Å². The summed E-state index contributed by atoms with van der Waals surface area (Å²) in [5.41, 5.74) is 1.53. The summed E-state index contributed by atoms with van der Waals surface area (Å²) in [7, 11) is 0.766. The van der Waals surface area contributed by atoms with Crippen LogP contribution in [0.25, 0.3) is 0 Å². The highest BCUT2D eigenvalue weighted by Crippen LogP contribution is 2.48. The van der Waals surface area contributed by atoms with Gasteiger partial charge in [-0.2, -0.15) is 0 Å². The molecule has 3 aromatic rings. The fourth-order valence-electron chi connectivity index (χ4n) is 5.29. The minimum absolute atomic E-state index is 0.00222. The van der Waals surface area contributed by atoms with Crippen LogP contribution in [0.1, 0.15) is 69.3 Å². The second-order valence-electron chi connectivity index (χ2n) is 10.8. The van der Waals surface area contributed by atoms with E-state index in [1.165, 1.54) is 6.92 Å². The minimum Gasteiger partial charge on any atom is -0.493 e. The van der Waals surface area contributed by atoms with E-state index in [0.29, 0.717) is 61.0 Å². The molecule has 0 saturated carbocycles. The number of aliphatic hydroxyl groups excluding tert-OH is 1. The molecule has 1 aliphatic rings. The number of hydrogen-bond acceptors (Lipinski definition) is 10. The molecule has 1 N–H and O–H groups in total. The van der Waals surface area contributed by atoms with Crippen LogP contribution in [0.2, 0.25) is 0 Å². The van der Waals surface area contributed by atoms with Gasteiger partial charge in [0.15, 0.2) is 32.8 Å². The topological polar surface area (TPSA) is 128 Å². The number of aryl methyl sites for hydroxylation is 1. The molecule has 0 spiro atoms. The van der Waals surface area contributed by atoms with Gasteiger partial charge >= 0.3 is 0 Å². The van der Waals surface area contributed by atoms with Gasteiger partial charge in [-0.3, -0.25) is 0 Å². The molecule has 242 valence electrons. The van der Waals surface area contributed by atoms with Crippen molar-refractivity contribution in [3.63, 3.8) is 0 Å². The molecule has 1 saturated heterocycles. The van der Waals surface area contributed by atoms with Crippen molar-refractivity contribution in [1.82, 2.24) is 9.55 Å². The Morgan fingerprint density at radius 1 is 0.932 bits per heavy atom. The van der Waals surface area contributed by atoms with Gasteiger partial charge in [0.05, 0.1) is 64.9 Å². The average molecular weight is 633 g/mol. The van der Waals surface area contributed by atoms with Crippen LogP contribution >= 0.6 is 0 Å². The van der Waals surface area contributed by atoms with Gasteiger partial charge in [-0.05, 0) is 74.4 Å². The molecular formula is C32H44N2O9S. The zero-order valence-corrected chi connectivity index (χ0v) is 27.0. The number of sulfone groups is 1. The standard InChI is InChI=1S/C32H44N2O9S/c1-6-14-42-32-29(41-15-8-7-12-34-13-11-33-21-34)18-24(19-30(32)44(36,37)20-22(2)35)26-10-9-25(43-26)23-16-27(38-3)31(40-5)28(17-23)39-4/h11,13,16-19,21-22,25-26,35H,6-10,12,14-15,20H2,1-5H3. The minimum atomic E-state index is -3.92. The molecule has 1 fully saturated rings. The number of aliphatic hydroxyl groups is 1. The van der Waals surface area contributed by atoms with Gasteiger partial charge in [-0.15, -0.1) is 0 Å². The van der Waals surface area contributed by atoms with Gasteiger partial charge in [0, 0.05) is 18.9 Å². The maximum atomic E-state index is 13.6. The van der Waals surface area contributed by atoms with E-state index in [-0.39, 0.29) is 16.7 Å². The van der Waals surface area contributed by atoms with Crippen LogP contribution in [-0.2, 0) is 21.1 Å². The molecule has 44 heavy (non-hydrogen) atoms. The van der Waals surface area contributed by atoms with Crippen LogP contribution in [0.5, 0.6) is 28.7 Å². The molecule has 4 rings (SSSR count). The van der Waals surface area contributed by atoms with Gasteiger partial charge in [-0.1, -0.05) is 6.92 Å². The molecule has 3 unspecified atom stereocenters. The highest BCUT2D eigenvalue weighted by Gasteiger charge is 2.33. The lowest BCUT2D eigenvalue weighted by molar-refractivity contribution is 0.0434. The Labute approximate surface area is 259 Å². The fraction of sp³-hybridized carbons (Fsp3) is 0.531. The van der Waals surface area contributed by atoms with E-state index >= 15 is 0 Å². The first kappa shape index (κ1) is 33.4. The number of hydrogen-bond donors (Lipinski definition) is 1. The van der Waals surface area contributed by atoms with Crippen molar-refractivity contribution in [3.8, 4) is 28.7 Å². The SMILES string of the molecule is CCCOc1c(OCCCCn2ccnc2)cc(C2CCC(c3cc(OC)c(OC)c(OC)c3)O2)cc1S(=O)(=O)CC(C)O. The summed E-state index contributed by atoms with van der Waals surface area (Å²) in [6, 6.07) is 7.17. The quantitative estimate of drug-likeness (QED) is 0.196. The van der Waals surface area contributed by atoms with Crippen molar-refractivity contribution < 1.29 is 41.9 Å². The number of imidazole rings is 1. The number of unbranched alkanes of at least 4 members (excludes halogenated alkanes) is 1. The highest BCUT2D eigenvalue weighted by molar-refractivity contribution is 7.91. The van der Waals surface area contributed by atoms with Crippen molar-refractivity contribution >= 4 is 9.84 Å². The lowest BCUT2D eigenvalue weighted by atomic mass is 10.0. The zero-order valence-electron chi connectivity index (χ0n) is 26.2. The normalized spacial score (nSPS) is 17.3. The Kier molecular flexibility index (Phi) is 11.8. The van der Waals surface area contributed by atoms with Crippen molar-refractivity contribution in [3.05, 3.63) is 54.1 Å². The molecule has 0 radical (unpaired) electrons. The Balaban J connectivity index is 1.64. The lowest BCUT2D eigenvalue weighted by Gasteiger charge is -2.21. The Bertz CT molecular complexity index is 1430. The van der Waals surface area contributed by atoms with Crippen LogP contribution in [0.3, 0.4) is 0 Å². The Morgan fingerprint density at radius 2 is 1.59 bits per heavy atom. The van der Waals surface area contributed by atoms with E-state index in [4.69, 9.17) is 28.4 Å². The molecule has 0 bridgehead atoms. The van der Waals surface area contributed by atoms with E-state index in [9.17, 15) is 13.5 Å². The predicted molar refractivity (Wildman–Crippen MR) is 165 cm³/mol. The van der Waals surface area contributed by atoms with Crippen LogP contribution in [-0.4, -0.2) is 69.5 Å². The third-order valence-electron chi connectivity index (χ3n) is 7.37. The molecule has 1 aromatic heterocycles. The molecule has 11 nitrogen and oxygen atoms in total. The summed E-state index contributed by atoms with van der Waals surface area (Å²) in [6.07, 6.45) is 7.32. The largest absolute Gasteiger partial charge is 0.493 e. The van der Waals surface area contributed by atoms with Crippen LogP contribution in [0.4, 0.5) is 0 Å². The third-order valence-corrected chi connectivity index (χ3v) is 9.26. The van der Waals surface area contributed by atoms with Crippen molar-refractivity contribution in [2.24, 2.45) is 0 Å². The lowest BCUT2D eigenvalue weighted by Crippen LogP contribution is -2.19. The first-order valence-electron chi connectivity index (χ1n) is 15.0. The summed E-state index contributed by atoms with van der Waals surface area (Å²) >= 11 is 0. The van der Waals surface area contributed by atoms with Crippen molar-refractivity contribution in [2.45, 2.75) is 75.7 Å². The molecule has 2 heterocycles. The van der Waals surface area contributed by atoms with Crippen LogP contribution < -0.4 is 23.7 Å². The summed E-state index contributed by atoms with van der Waals surface area (Å²) in [4.78, 5) is 4.07. The number of nitrogens with zero attached hydrogens (tertiary/aromatic N) is 2. The number of benzene rings is 2. The Hall–Kier alpha value is -3.48. The van der Waals surface area contributed by atoms with Crippen LogP contribution in [0, 0.1) is 0 Å². The molecule has 0 aliphatic carbocycles. The van der Waals surface area contributed by atoms with E-state index in [1.807, 2.05) is 35.9 Å². The Morgan fingerprint density at radius 3 is 2.16 bits per heavy atom. The van der Waals surface area contributed by atoms with Gasteiger partial charge in [0.2, 0.25) is 5.75 Å². The van der Waals surface area contributed by atoms with Gasteiger partial charge in [0.1, 0.15) is 4.90 Å². The predicted octanol–water partition coefficient (Wildman–Crippen LogP) is 5.30. The van der Waals surface area contributed by atoms with Crippen molar-refractivity contribution in [1.29, 1.82) is 0 Å². The van der Waals surface area contributed by atoms with E-state index in [0.717, 1.165) is 24.9 Å². The molecule has 1 aliphatic heterocycles. The molecule has 3 atom stereocenters. The average Bonchev–Trinajstić information content (AvgIpc) is 3.71. The zero-order chi connectivity index (χ0) is 31.7. The van der Waals surface area contributed by atoms with Gasteiger partial charge < -0.3 is 38.1 Å². The van der Waals surface area contributed by atoms with E-state index in [2.05, 4.69) is 4.98 Å². The number of ether oxygens (including phenoxy) is 6. The first-order valence-corrected chi connectivity index (χ1v) is 16.6.